The fraction of sp³-hybridized carbons (Fsp3) is 0.373. The first-order valence-corrected chi connectivity index (χ1v) is 26.3. The third-order valence-corrected chi connectivity index (χ3v) is 15.8. The standard InChI is InChI=1S/C51H48Cl2I2N4O14/c1-5-66-13-17-70-44-30-31(45(37(53)36(44)52)71-18-14-67-6-2)41(61)34(40(30)60)48-56-28-11-9-24(22-26(28)50(64)58-48)21-25-10-12-29-27(23-25)51(65)59-49(57-29)35-42(62)32-33(43(35)63)47(73-20-16-69-8-4)39(55)38(54)46(32)72-19-15-68-7-3/h9-12,22-23,34-35H,5-8,13-21H2,1-4H3,(H,56,58,64)(H,57,59,65). The number of hydrogen-bond acceptors (Lipinski definition) is 16. The SMILES string of the molecule is CCOCCOc1c(Cl)c(Cl)c(OCCOCC)c2c1C(=O)C(c1nc3ccc(Cc4ccc5nc(C6C(=O)c7c(OCCOCC)c(I)c(I)c(OCCOCC)c7C6=O)[nH]c(=O)c5c4)cc3c(=O)[nH]1)C2=O. The van der Waals surface area contributed by atoms with E-state index in [1.165, 1.54) is 0 Å². The summed E-state index contributed by atoms with van der Waals surface area (Å²) in [4.78, 5) is 99.6. The molecule has 4 aromatic carbocycles. The van der Waals surface area contributed by atoms with E-state index in [4.69, 9.17) is 61.1 Å². The van der Waals surface area contributed by atoms with Gasteiger partial charge in [-0.15, -0.1) is 0 Å². The predicted octanol–water partition coefficient (Wildman–Crippen LogP) is 8.25. The minimum absolute atomic E-state index is 0.00493. The van der Waals surface area contributed by atoms with Crippen LogP contribution in [-0.4, -0.2) is 122 Å². The summed E-state index contributed by atoms with van der Waals surface area (Å²) in [6.45, 7) is 10.2. The first-order chi connectivity index (χ1) is 35.3. The van der Waals surface area contributed by atoms with Gasteiger partial charge in [-0.25, -0.2) is 9.97 Å². The van der Waals surface area contributed by atoms with Crippen LogP contribution in [0.4, 0.5) is 0 Å². The van der Waals surface area contributed by atoms with Crippen LogP contribution in [0.1, 0.15) is 104 Å². The molecule has 0 saturated carbocycles. The Morgan fingerprint density at radius 3 is 1.12 bits per heavy atom. The largest absolute Gasteiger partial charge is 0.489 e. The summed E-state index contributed by atoms with van der Waals surface area (Å²) in [6.07, 6.45) is 0.257. The number of ether oxygens (including phenoxy) is 8. The molecule has 2 aromatic heterocycles. The van der Waals surface area contributed by atoms with Gasteiger partial charge in [0.2, 0.25) is 0 Å². The van der Waals surface area contributed by atoms with Gasteiger partial charge in [-0.1, -0.05) is 35.3 Å². The number of aromatic nitrogens is 4. The smallest absolute Gasteiger partial charge is 0.258 e. The topological polar surface area (TPSA) is 234 Å². The Balaban J connectivity index is 1.06. The monoisotopic (exact) mass is 1260 g/mol. The molecule has 22 heteroatoms. The van der Waals surface area contributed by atoms with Gasteiger partial charge in [0.25, 0.3) is 11.1 Å². The Morgan fingerprint density at radius 1 is 0.479 bits per heavy atom. The van der Waals surface area contributed by atoms with E-state index < -0.39 is 46.1 Å². The van der Waals surface area contributed by atoms with Gasteiger partial charge in [-0.05, 0) is 115 Å². The fourth-order valence-electron chi connectivity index (χ4n) is 8.61. The number of nitrogens with one attached hydrogen (secondary N) is 2. The van der Waals surface area contributed by atoms with Crippen molar-refractivity contribution < 1.29 is 57.1 Å². The van der Waals surface area contributed by atoms with Crippen LogP contribution in [-0.2, 0) is 25.4 Å². The number of rotatable bonds is 24. The first-order valence-electron chi connectivity index (χ1n) is 23.4. The molecule has 2 aliphatic rings. The van der Waals surface area contributed by atoms with Crippen molar-refractivity contribution in [1.82, 2.24) is 19.9 Å². The number of carbonyl (C=O) groups is 4. The quantitative estimate of drug-likeness (QED) is 0.0330. The number of aromatic amines is 2. The highest BCUT2D eigenvalue weighted by Crippen LogP contribution is 2.51. The second-order valence-corrected chi connectivity index (χ2v) is 19.3. The normalized spacial score (nSPS) is 13.7. The Morgan fingerprint density at radius 2 is 0.795 bits per heavy atom. The van der Waals surface area contributed by atoms with Gasteiger partial charge in [0.1, 0.15) is 71.5 Å². The number of H-pyrrole nitrogens is 2. The average Bonchev–Trinajstić information content (AvgIpc) is 3.79. The Hall–Kier alpha value is -5.08. The lowest BCUT2D eigenvalue weighted by Gasteiger charge is -2.18. The molecule has 0 aliphatic heterocycles. The summed E-state index contributed by atoms with van der Waals surface area (Å²) in [6, 6.07) is 9.97. The molecular formula is C51H48Cl2I2N4O14. The van der Waals surface area contributed by atoms with Crippen LogP contribution in [0.5, 0.6) is 23.0 Å². The van der Waals surface area contributed by atoms with Crippen LogP contribution in [0.2, 0.25) is 10.0 Å². The zero-order chi connectivity index (χ0) is 52.1. The highest BCUT2D eigenvalue weighted by atomic mass is 127. The molecule has 384 valence electrons. The summed E-state index contributed by atoms with van der Waals surface area (Å²) in [7, 11) is 0. The number of halogens is 4. The van der Waals surface area contributed by atoms with Crippen molar-refractivity contribution in [3.05, 3.63) is 119 Å². The van der Waals surface area contributed by atoms with Gasteiger partial charge in [-0.2, -0.15) is 0 Å². The molecule has 0 atom stereocenters. The maximum atomic E-state index is 14.4. The number of nitrogens with zero attached hydrogens (tertiary/aromatic N) is 2. The fourth-order valence-corrected chi connectivity index (χ4v) is 10.4. The Labute approximate surface area is 454 Å². The Bertz CT molecular complexity index is 2960. The molecule has 6 aromatic rings. The van der Waals surface area contributed by atoms with Gasteiger partial charge >= 0.3 is 0 Å². The minimum atomic E-state index is -1.58. The number of hydrogen-bond donors (Lipinski definition) is 2. The van der Waals surface area contributed by atoms with E-state index in [1.54, 1.807) is 36.4 Å². The molecule has 0 radical (unpaired) electrons. The number of carbonyl (C=O) groups excluding carboxylic acids is 4. The molecule has 2 heterocycles. The summed E-state index contributed by atoms with van der Waals surface area (Å²) in [5.74, 6) is -5.78. The van der Waals surface area contributed by atoms with Crippen molar-refractivity contribution in [2.75, 3.05) is 79.3 Å². The van der Waals surface area contributed by atoms with E-state index in [0.717, 1.165) is 0 Å². The number of fused-ring (bicyclic) bond motifs is 4. The van der Waals surface area contributed by atoms with E-state index in [9.17, 15) is 28.8 Å². The highest BCUT2D eigenvalue weighted by Gasteiger charge is 2.49. The maximum Gasteiger partial charge on any atom is 0.258 e. The van der Waals surface area contributed by atoms with Gasteiger partial charge < -0.3 is 47.9 Å². The molecule has 2 N–H and O–H groups in total. The van der Waals surface area contributed by atoms with E-state index in [0.29, 0.717) is 44.7 Å². The van der Waals surface area contributed by atoms with E-state index in [2.05, 4.69) is 65.1 Å². The van der Waals surface area contributed by atoms with E-state index in [1.807, 2.05) is 27.7 Å². The molecular weight excluding hydrogens is 1220 g/mol. The minimum Gasteiger partial charge on any atom is -0.489 e. The lowest BCUT2D eigenvalue weighted by Crippen LogP contribution is -2.22. The van der Waals surface area contributed by atoms with Crippen molar-refractivity contribution in [3.8, 4) is 23.0 Å². The second kappa shape index (κ2) is 24.1. The molecule has 0 saturated heterocycles. The zero-order valence-electron chi connectivity index (χ0n) is 39.9. The van der Waals surface area contributed by atoms with Crippen LogP contribution in [0.15, 0.2) is 46.0 Å². The summed E-state index contributed by atoms with van der Waals surface area (Å²) < 4.78 is 46.8. The van der Waals surface area contributed by atoms with Crippen molar-refractivity contribution in [2.45, 2.75) is 46.0 Å². The van der Waals surface area contributed by atoms with Gasteiger partial charge in [0, 0.05) is 26.4 Å². The van der Waals surface area contributed by atoms with Crippen LogP contribution in [0.3, 0.4) is 0 Å². The predicted molar refractivity (Wildman–Crippen MR) is 287 cm³/mol. The van der Waals surface area contributed by atoms with Gasteiger partial charge in [0.05, 0.1) is 77.6 Å². The third-order valence-electron chi connectivity index (χ3n) is 11.9. The van der Waals surface area contributed by atoms with Gasteiger partial charge in [0.15, 0.2) is 34.6 Å². The summed E-state index contributed by atoms with van der Waals surface area (Å²) in [5, 5.41) is 0.110. The number of benzene rings is 4. The molecule has 2 aliphatic carbocycles. The average molecular weight is 1270 g/mol. The maximum absolute atomic E-state index is 14.4. The molecule has 18 nitrogen and oxygen atoms in total. The van der Waals surface area contributed by atoms with Crippen molar-refractivity contribution in [1.29, 1.82) is 0 Å². The molecule has 73 heavy (non-hydrogen) atoms. The van der Waals surface area contributed by atoms with Crippen LogP contribution < -0.4 is 30.1 Å². The highest BCUT2D eigenvalue weighted by molar-refractivity contribution is 14.1. The molecule has 0 amide bonds. The lowest BCUT2D eigenvalue weighted by molar-refractivity contribution is 0.0863. The van der Waals surface area contributed by atoms with Gasteiger partial charge in [-0.3, -0.25) is 28.8 Å². The van der Waals surface area contributed by atoms with Crippen LogP contribution in [0, 0.1) is 7.14 Å². The molecule has 8 rings (SSSR count). The summed E-state index contributed by atoms with van der Waals surface area (Å²) >= 11 is 17.5. The third kappa shape index (κ3) is 10.9. The van der Waals surface area contributed by atoms with E-state index >= 15 is 0 Å². The van der Waals surface area contributed by atoms with Crippen molar-refractivity contribution in [2.24, 2.45) is 0 Å². The molecule has 0 bridgehead atoms. The van der Waals surface area contributed by atoms with E-state index in [-0.39, 0.29) is 148 Å². The van der Waals surface area contributed by atoms with Crippen molar-refractivity contribution in [3.63, 3.8) is 0 Å². The number of Topliss-reactive ketones (excluding diaryl/α,β-unsaturated/α-hetero) is 4. The molecule has 0 spiro atoms. The van der Waals surface area contributed by atoms with Crippen LogP contribution in [0.25, 0.3) is 21.8 Å². The van der Waals surface area contributed by atoms with Crippen LogP contribution >= 0.6 is 68.4 Å². The zero-order valence-corrected chi connectivity index (χ0v) is 45.8. The lowest BCUT2D eigenvalue weighted by atomic mass is 10.00. The molecule has 0 fully saturated rings. The second-order valence-electron chi connectivity index (χ2n) is 16.4. The summed E-state index contributed by atoms with van der Waals surface area (Å²) in [5.41, 5.74) is 0.401. The number of ketones is 4. The van der Waals surface area contributed by atoms with Crippen molar-refractivity contribution >= 4 is 113 Å². The first kappa shape index (κ1) is 54.2. The Kier molecular flexibility index (Phi) is 17.9. The molecule has 0 unspecified atom stereocenters.